The van der Waals surface area contributed by atoms with Crippen molar-refractivity contribution in [1.29, 1.82) is 0 Å². The van der Waals surface area contributed by atoms with E-state index in [9.17, 15) is 19.2 Å². The minimum Gasteiger partial charge on any atom is -0.459 e. The minimum absolute atomic E-state index is 0.285. The third-order valence-electron chi connectivity index (χ3n) is 10.0. The molecule has 1 aliphatic rings. The van der Waals surface area contributed by atoms with Crippen LogP contribution < -0.4 is 9.30 Å². The number of hydrogen-bond donors (Lipinski definition) is 1. The van der Waals surface area contributed by atoms with Crippen LogP contribution in [0.5, 0.6) is 5.75 Å². The summed E-state index contributed by atoms with van der Waals surface area (Å²) < 4.78 is 31.9. The zero-order valence-corrected chi connectivity index (χ0v) is 30.8. The van der Waals surface area contributed by atoms with Crippen molar-refractivity contribution >= 4 is 56.5 Å². The van der Waals surface area contributed by atoms with Gasteiger partial charge in [-0.15, -0.1) is 0 Å². The SMILES string of the molecule is CC(=O)Oc1ccc2[nH]c3c(C)c4cc[n+]([C@@H]5O[C@H](COC(=O)c6ccccc6)[C@H](OC(=O)c6ccccc6)[C@H]5OC(=O)c5ccccc5)cc4c(C)c3c2c1. The fourth-order valence-corrected chi connectivity index (χ4v) is 7.33. The van der Waals surface area contributed by atoms with E-state index in [0.717, 1.165) is 43.7 Å². The molecule has 4 atom stereocenters. The van der Waals surface area contributed by atoms with Gasteiger partial charge in [-0.3, -0.25) is 4.79 Å². The standard InChI is InChI=1S/C45H36N2O9/c1-26-35-24-47(22-21-33(35)27(2)39-38(26)34-23-32(53-28(3)48)19-20-36(34)46-39)42-41(56-45(51)31-17-11-6-12-18-31)40(55-44(50)30-15-9-5-10-16-30)37(54-42)25-52-43(49)29-13-7-4-8-14-29/h4-24,37,40-42H,25H2,1-3H3/p+1/t37-,40+,41-,42-/m1/s1. The van der Waals surface area contributed by atoms with Crippen LogP contribution in [0.1, 0.15) is 55.4 Å². The van der Waals surface area contributed by atoms with Gasteiger partial charge in [-0.2, -0.15) is 4.57 Å². The van der Waals surface area contributed by atoms with E-state index in [0.29, 0.717) is 16.9 Å². The second kappa shape index (κ2) is 15.1. The highest BCUT2D eigenvalue weighted by Crippen LogP contribution is 2.38. The Morgan fingerprint density at radius 3 is 1.88 bits per heavy atom. The number of aromatic amines is 1. The van der Waals surface area contributed by atoms with E-state index in [2.05, 4.69) is 4.98 Å². The van der Waals surface area contributed by atoms with E-state index in [4.69, 9.17) is 23.7 Å². The van der Waals surface area contributed by atoms with Crippen LogP contribution >= 0.6 is 0 Å². The summed E-state index contributed by atoms with van der Waals surface area (Å²) in [4.78, 5) is 55.8. The van der Waals surface area contributed by atoms with Gasteiger partial charge >= 0.3 is 30.1 Å². The van der Waals surface area contributed by atoms with Crippen LogP contribution in [-0.4, -0.2) is 53.8 Å². The number of esters is 4. The molecule has 0 saturated carbocycles. The van der Waals surface area contributed by atoms with E-state index in [1.54, 1.807) is 102 Å². The molecule has 1 aliphatic heterocycles. The van der Waals surface area contributed by atoms with Crippen LogP contribution in [0.2, 0.25) is 0 Å². The number of rotatable bonds is 9. The normalized spacial score (nSPS) is 17.8. The fourth-order valence-electron chi connectivity index (χ4n) is 7.33. The average molecular weight is 750 g/mol. The van der Waals surface area contributed by atoms with Crippen molar-refractivity contribution in [2.75, 3.05) is 6.61 Å². The summed E-state index contributed by atoms with van der Waals surface area (Å²) >= 11 is 0. The smallest absolute Gasteiger partial charge is 0.338 e. The predicted octanol–water partition coefficient (Wildman–Crippen LogP) is 7.51. The number of carbonyl (C=O) groups excluding carboxylic acids is 4. The van der Waals surface area contributed by atoms with Gasteiger partial charge < -0.3 is 28.7 Å². The fraction of sp³-hybridized carbons (Fsp3) is 0.178. The lowest BCUT2D eigenvalue weighted by Crippen LogP contribution is -2.48. The monoisotopic (exact) mass is 749 g/mol. The first-order valence-corrected chi connectivity index (χ1v) is 18.1. The molecule has 1 N–H and O–H groups in total. The Morgan fingerprint density at radius 2 is 1.27 bits per heavy atom. The molecule has 0 amide bonds. The van der Waals surface area contributed by atoms with Crippen molar-refractivity contribution in [3.05, 3.63) is 155 Å². The van der Waals surface area contributed by atoms with Crippen molar-refractivity contribution in [1.82, 2.24) is 4.98 Å². The summed E-state index contributed by atoms with van der Waals surface area (Å²) in [5.41, 5.74) is 4.69. The summed E-state index contributed by atoms with van der Waals surface area (Å²) in [6.07, 6.45) is -0.682. The van der Waals surface area contributed by atoms with Gasteiger partial charge in [0.25, 0.3) is 0 Å². The van der Waals surface area contributed by atoms with Crippen LogP contribution in [0.15, 0.2) is 128 Å². The third-order valence-corrected chi connectivity index (χ3v) is 10.0. The molecule has 5 aromatic carbocycles. The van der Waals surface area contributed by atoms with Crippen LogP contribution in [0.3, 0.4) is 0 Å². The Hall–Kier alpha value is -6.85. The molecular weight excluding hydrogens is 712 g/mol. The van der Waals surface area contributed by atoms with Gasteiger partial charge in [0.2, 0.25) is 6.10 Å². The first-order valence-electron chi connectivity index (χ1n) is 18.1. The molecule has 2 aromatic heterocycles. The number of nitrogens with zero attached hydrogens (tertiary/aromatic N) is 1. The maximum Gasteiger partial charge on any atom is 0.338 e. The van der Waals surface area contributed by atoms with E-state index in [1.165, 1.54) is 6.92 Å². The molecule has 0 bridgehead atoms. The number of ether oxygens (including phenoxy) is 5. The van der Waals surface area contributed by atoms with Crippen molar-refractivity contribution in [3.63, 3.8) is 0 Å². The maximum atomic E-state index is 13.7. The Morgan fingerprint density at radius 1 is 0.679 bits per heavy atom. The maximum absolute atomic E-state index is 13.7. The number of benzene rings is 5. The molecule has 0 spiro atoms. The summed E-state index contributed by atoms with van der Waals surface area (Å²) in [6.45, 7) is 5.10. The Labute approximate surface area is 321 Å². The van der Waals surface area contributed by atoms with Gasteiger partial charge in [0, 0.05) is 34.7 Å². The highest BCUT2D eigenvalue weighted by Gasteiger charge is 2.55. The second-order valence-electron chi connectivity index (χ2n) is 13.6. The number of H-pyrrole nitrogens is 1. The van der Waals surface area contributed by atoms with Gasteiger partial charge in [0.05, 0.1) is 22.2 Å². The molecule has 8 rings (SSSR count). The molecule has 0 radical (unpaired) electrons. The van der Waals surface area contributed by atoms with Crippen LogP contribution in [0.4, 0.5) is 0 Å². The number of carbonyl (C=O) groups is 4. The molecule has 11 heteroatoms. The Kier molecular flexibility index (Phi) is 9.76. The molecule has 0 aliphatic carbocycles. The van der Waals surface area contributed by atoms with Crippen molar-refractivity contribution in [2.45, 2.75) is 45.3 Å². The van der Waals surface area contributed by atoms with Gasteiger partial charge in [0.15, 0.2) is 18.5 Å². The molecule has 56 heavy (non-hydrogen) atoms. The highest BCUT2D eigenvalue weighted by molar-refractivity contribution is 6.16. The molecule has 7 aromatic rings. The predicted molar refractivity (Wildman–Crippen MR) is 206 cm³/mol. The first-order chi connectivity index (χ1) is 27.2. The number of hydrogen-bond acceptors (Lipinski definition) is 9. The molecule has 280 valence electrons. The number of nitrogens with one attached hydrogen (secondary N) is 1. The van der Waals surface area contributed by atoms with Crippen molar-refractivity contribution < 1.29 is 47.4 Å². The lowest BCUT2D eigenvalue weighted by molar-refractivity contribution is -0.764. The van der Waals surface area contributed by atoms with Gasteiger partial charge in [-0.25, -0.2) is 14.4 Å². The molecule has 1 fully saturated rings. The summed E-state index contributed by atoms with van der Waals surface area (Å²) in [7, 11) is 0. The minimum atomic E-state index is -1.19. The van der Waals surface area contributed by atoms with Gasteiger partial charge in [-0.1, -0.05) is 54.6 Å². The average Bonchev–Trinajstić information content (AvgIpc) is 3.77. The Balaban J connectivity index is 1.23. The second-order valence-corrected chi connectivity index (χ2v) is 13.6. The zero-order chi connectivity index (χ0) is 38.9. The summed E-state index contributed by atoms with van der Waals surface area (Å²) in [5.74, 6) is -1.88. The molecule has 11 nitrogen and oxygen atoms in total. The van der Waals surface area contributed by atoms with Crippen molar-refractivity contribution in [2.24, 2.45) is 0 Å². The van der Waals surface area contributed by atoms with Gasteiger partial charge in [-0.05, 0) is 85.0 Å². The quantitative estimate of drug-likeness (QED) is 0.0689. The number of pyridine rings is 1. The van der Waals surface area contributed by atoms with Crippen molar-refractivity contribution in [3.8, 4) is 5.75 Å². The third kappa shape index (κ3) is 6.96. The molecular formula is C45H37N2O9+. The summed E-state index contributed by atoms with van der Waals surface area (Å²) in [5, 5.41) is 3.69. The molecule has 0 unspecified atom stereocenters. The Bertz CT molecular complexity index is 2620. The van der Waals surface area contributed by atoms with Gasteiger partial charge in [0.1, 0.15) is 18.5 Å². The lowest BCUT2D eigenvalue weighted by atomic mass is 9.97. The largest absolute Gasteiger partial charge is 0.459 e. The van der Waals surface area contributed by atoms with E-state index in [1.807, 2.05) is 44.4 Å². The van der Waals surface area contributed by atoms with E-state index < -0.39 is 48.4 Å². The number of aromatic nitrogens is 2. The first kappa shape index (κ1) is 36.1. The number of fused-ring (bicyclic) bond motifs is 4. The topological polar surface area (TPSA) is 134 Å². The van der Waals surface area contributed by atoms with Crippen LogP contribution in [-0.2, 0) is 23.7 Å². The highest BCUT2D eigenvalue weighted by atomic mass is 16.7. The number of aryl methyl sites for hydroxylation is 2. The van der Waals surface area contributed by atoms with Crippen LogP contribution in [0.25, 0.3) is 32.6 Å². The lowest BCUT2D eigenvalue weighted by Gasteiger charge is -2.23. The van der Waals surface area contributed by atoms with Crippen LogP contribution in [0, 0.1) is 13.8 Å². The van der Waals surface area contributed by atoms with E-state index in [-0.39, 0.29) is 12.2 Å². The molecule has 1 saturated heterocycles. The molecule has 3 heterocycles. The van der Waals surface area contributed by atoms with E-state index >= 15 is 0 Å². The zero-order valence-electron chi connectivity index (χ0n) is 30.8. The summed E-state index contributed by atoms with van der Waals surface area (Å²) in [6, 6.07) is 32.9.